The number of likely N-dealkylation sites (tertiary alicyclic amines) is 1. The molecule has 3 aromatic carbocycles. The van der Waals surface area contributed by atoms with Crippen molar-refractivity contribution in [3.63, 3.8) is 0 Å². The first-order valence-electron chi connectivity index (χ1n) is 17.7. The monoisotopic (exact) mass is 803 g/mol. The van der Waals surface area contributed by atoms with Gasteiger partial charge in [-0.2, -0.15) is 0 Å². The quantitative estimate of drug-likeness (QED) is 0.110. The molecular formula is C41H43BrClN3O7. The Kier molecular flexibility index (Phi) is 12.2. The minimum atomic E-state index is -1.44. The van der Waals surface area contributed by atoms with Gasteiger partial charge in [0.05, 0.1) is 47.8 Å². The average Bonchev–Trinajstić information content (AvgIpc) is 3.77. The van der Waals surface area contributed by atoms with Gasteiger partial charge in [0, 0.05) is 17.8 Å². The van der Waals surface area contributed by atoms with Gasteiger partial charge in [-0.05, 0) is 42.5 Å². The molecule has 3 heterocycles. The van der Waals surface area contributed by atoms with Crippen molar-refractivity contribution in [1.29, 1.82) is 0 Å². The predicted molar refractivity (Wildman–Crippen MR) is 205 cm³/mol. The molecule has 1 spiro atoms. The zero-order valence-electron chi connectivity index (χ0n) is 29.2. The summed E-state index contributed by atoms with van der Waals surface area (Å²) in [5, 5.41) is 14.1. The number of halogens is 2. The molecule has 3 fully saturated rings. The van der Waals surface area contributed by atoms with E-state index in [0.717, 1.165) is 5.56 Å². The van der Waals surface area contributed by atoms with Crippen molar-refractivity contribution in [1.82, 2.24) is 10.2 Å². The van der Waals surface area contributed by atoms with Gasteiger partial charge in [-0.3, -0.25) is 19.2 Å². The third-order valence-corrected chi connectivity index (χ3v) is 11.5. The van der Waals surface area contributed by atoms with Gasteiger partial charge >= 0.3 is 5.97 Å². The van der Waals surface area contributed by atoms with Gasteiger partial charge in [-0.25, -0.2) is 0 Å². The number of aliphatic hydroxyl groups excluding tert-OH is 1. The number of alkyl halides is 1. The Morgan fingerprint density at radius 1 is 1.06 bits per heavy atom. The standard InChI is InChI=1S/C41H43BrClN3O7/c1-3-5-20-33(48)44-24-32(27-16-10-7-11-17-27)52-40(51)34-35-38(49)46(28(25-47)22-26-14-8-6-9-15-26)37(41(35)23-29(42)36(34)53-41)39(50)45(21-4-2)31-19-13-12-18-30(31)43/h3-4,6-19,28-29,32,34-37,47H,1-2,5,20-25H2,(H,44,48)/t28-,29?,32-,34-,35+,36-,37-,41+/m1/s1. The first-order chi connectivity index (χ1) is 25.6. The fourth-order valence-electron chi connectivity index (χ4n) is 8.04. The molecule has 6 rings (SSSR count). The first kappa shape index (κ1) is 38.4. The van der Waals surface area contributed by atoms with Crippen molar-refractivity contribution in [2.24, 2.45) is 11.8 Å². The van der Waals surface area contributed by atoms with Crippen molar-refractivity contribution < 1.29 is 33.8 Å². The fraction of sp³-hybridized carbons (Fsp3) is 0.366. The number of fused-ring (bicyclic) bond motifs is 1. The highest BCUT2D eigenvalue weighted by molar-refractivity contribution is 9.09. The van der Waals surface area contributed by atoms with Gasteiger partial charge in [0.1, 0.15) is 17.7 Å². The summed E-state index contributed by atoms with van der Waals surface area (Å²) in [5.74, 6) is -4.04. The molecule has 0 saturated carbocycles. The summed E-state index contributed by atoms with van der Waals surface area (Å²) in [6.45, 7) is 7.18. The number of amides is 3. The average molecular weight is 805 g/mol. The molecular weight excluding hydrogens is 762 g/mol. The largest absolute Gasteiger partial charge is 0.455 e. The van der Waals surface area contributed by atoms with Gasteiger partial charge in [0.25, 0.3) is 5.91 Å². The Hall–Kier alpha value is -4.29. The van der Waals surface area contributed by atoms with Gasteiger partial charge in [0.2, 0.25) is 11.8 Å². The summed E-state index contributed by atoms with van der Waals surface area (Å²) >= 11 is 10.4. The lowest BCUT2D eigenvalue weighted by Crippen LogP contribution is -2.59. The van der Waals surface area contributed by atoms with Crippen LogP contribution in [-0.2, 0) is 35.1 Å². The van der Waals surface area contributed by atoms with Crippen molar-refractivity contribution in [3.05, 3.63) is 126 Å². The lowest BCUT2D eigenvalue weighted by Gasteiger charge is -2.39. The second-order valence-corrected chi connectivity index (χ2v) is 15.2. The highest BCUT2D eigenvalue weighted by atomic mass is 79.9. The van der Waals surface area contributed by atoms with Crippen LogP contribution >= 0.6 is 27.5 Å². The summed E-state index contributed by atoms with van der Waals surface area (Å²) in [7, 11) is 0. The molecule has 0 aromatic heterocycles. The smallest absolute Gasteiger partial charge is 0.313 e. The first-order valence-corrected chi connectivity index (χ1v) is 19.0. The molecule has 8 atom stereocenters. The van der Waals surface area contributed by atoms with Crippen LogP contribution in [0.4, 0.5) is 5.69 Å². The maximum atomic E-state index is 15.1. The summed E-state index contributed by atoms with van der Waals surface area (Å²) in [4.78, 5) is 59.6. The van der Waals surface area contributed by atoms with Gasteiger partial charge in [-0.1, -0.05) is 112 Å². The number of carbonyl (C=O) groups is 4. The van der Waals surface area contributed by atoms with Crippen molar-refractivity contribution in [2.75, 3.05) is 24.6 Å². The summed E-state index contributed by atoms with van der Waals surface area (Å²) < 4.78 is 12.9. The van der Waals surface area contributed by atoms with Crippen LogP contribution in [0, 0.1) is 11.8 Å². The number of hydrogen-bond donors (Lipinski definition) is 2. The van der Waals surface area contributed by atoms with Crippen LogP contribution in [0.15, 0.2) is 110 Å². The molecule has 10 nitrogen and oxygen atoms in total. The van der Waals surface area contributed by atoms with Crippen LogP contribution in [0.2, 0.25) is 5.02 Å². The molecule has 3 aliphatic rings. The van der Waals surface area contributed by atoms with E-state index in [0.29, 0.717) is 22.7 Å². The molecule has 12 heteroatoms. The molecule has 1 unspecified atom stereocenters. The van der Waals surface area contributed by atoms with E-state index < -0.39 is 70.9 Å². The minimum Gasteiger partial charge on any atom is -0.455 e. The summed E-state index contributed by atoms with van der Waals surface area (Å²) in [6, 6.07) is 23.3. The van der Waals surface area contributed by atoms with Gasteiger partial charge in [0.15, 0.2) is 0 Å². The number of esters is 1. The number of aliphatic hydroxyl groups is 1. The lowest BCUT2D eigenvalue weighted by atomic mass is 9.70. The topological polar surface area (TPSA) is 125 Å². The number of carbonyl (C=O) groups excluding carboxylic acids is 4. The van der Waals surface area contributed by atoms with Crippen LogP contribution in [0.1, 0.15) is 36.5 Å². The molecule has 0 radical (unpaired) electrons. The van der Waals surface area contributed by atoms with Crippen LogP contribution in [0.5, 0.6) is 0 Å². The normalized spacial score (nSPS) is 25.3. The predicted octanol–water partition coefficient (Wildman–Crippen LogP) is 5.58. The minimum absolute atomic E-state index is 0.0106. The van der Waals surface area contributed by atoms with Crippen LogP contribution in [-0.4, -0.2) is 82.0 Å². The van der Waals surface area contributed by atoms with E-state index >= 15 is 4.79 Å². The molecule has 278 valence electrons. The zero-order chi connectivity index (χ0) is 37.7. The number of nitrogens with zero attached hydrogens (tertiary/aromatic N) is 2. The van der Waals surface area contributed by atoms with E-state index in [1.54, 1.807) is 48.6 Å². The Labute approximate surface area is 322 Å². The maximum Gasteiger partial charge on any atom is 0.313 e. The molecule has 0 aliphatic carbocycles. The molecule has 3 amide bonds. The van der Waals surface area contributed by atoms with Crippen LogP contribution in [0.3, 0.4) is 0 Å². The van der Waals surface area contributed by atoms with E-state index in [9.17, 15) is 19.5 Å². The maximum absolute atomic E-state index is 15.1. The Morgan fingerprint density at radius 2 is 1.74 bits per heavy atom. The Bertz CT molecular complexity index is 1830. The van der Waals surface area contributed by atoms with E-state index in [2.05, 4.69) is 34.4 Å². The molecule has 3 aromatic rings. The van der Waals surface area contributed by atoms with Gasteiger partial charge < -0.3 is 29.7 Å². The van der Waals surface area contributed by atoms with Crippen molar-refractivity contribution >= 4 is 56.9 Å². The number of hydrogen-bond acceptors (Lipinski definition) is 7. The number of nitrogens with one attached hydrogen (secondary N) is 1. The lowest BCUT2D eigenvalue weighted by molar-refractivity contribution is -0.160. The van der Waals surface area contributed by atoms with E-state index in [1.165, 1.54) is 9.80 Å². The molecule has 3 saturated heterocycles. The Balaban J connectivity index is 1.39. The number of anilines is 1. The van der Waals surface area contributed by atoms with Crippen LogP contribution in [0.25, 0.3) is 0 Å². The number of benzene rings is 3. The second-order valence-electron chi connectivity index (χ2n) is 13.6. The number of para-hydroxylation sites is 1. The SMILES string of the molecule is C=CCCC(=O)NC[C@@H](OC(=O)[C@H]1[C@@H]2O[C@@]3(CC2Br)[C@@H]1C(=O)N([C@@H](CO)Cc1ccccc1)[C@@H]3C(=O)N(CC=C)c1ccccc1Cl)c1ccccc1. The van der Waals surface area contributed by atoms with Gasteiger partial charge in [-0.15, -0.1) is 13.2 Å². The fourth-order valence-corrected chi connectivity index (χ4v) is 9.22. The third-order valence-electron chi connectivity index (χ3n) is 10.4. The van der Waals surface area contributed by atoms with Crippen molar-refractivity contribution in [2.45, 2.75) is 60.4 Å². The molecule has 2 bridgehead atoms. The number of allylic oxidation sites excluding steroid dienone is 1. The van der Waals surface area contributed by atoms with E-state index in [4.69, 9.17) is 21.1 Å². The molecule has 53 heavy (non-hydrogen) atoms. The molecule has 3 aliphatic heterocycles. The van der Waals surface area contributed by atoms with Crippen LogP contribution < -0.4 is 10.2 Å². The summed E-state index contributed by atoms with van der Waals surface area (Å²) in [6.07, 6.45) is 2.81. The van der Waals surface area contributed by atoms with Crippen molar-refractivity contribution in [3.8, 4) is 0 Å². The highest BCUT2D eigenvalue weighted by Gasteiger charge is 2.77. The molecule has 2 N–H and O–H groups in total. The highest BCUT2D eigenvalue weighted by Crippen LogP contribution is 2.61. The third kappa shape index (κ3) is 7.58. The number of ether oxygens (including phenoxy) is 2. The Morgan fingerprint density at radius 3 is 2.40 bits per heavy atom. The zero-order valence-corrected chi connectivity index (χ0v) is 31.5. The second kappa shape index (κ2) is 16.8. The number of rotatable bonds is 16. The van der Waals surface area contributed by atoms with E-state index in [-0.39, 0.29) is 38.3 Å². The summed E-state index contributed by atoms with van der Waals surface area (Å²) in [5.41, 5.74) is 0.501. The van der Waals surface area contributed by atoms with E-state index in [1.807, 2.05) is 48.5 Å².